The van der Waals surface area contributed by atoms with Crippen LogP contribution in [0.3, 0.4) is 0 Å². The number of hydrogen-bond donors (Lipinski definition) is 1. The minimum absolute atomic E-state index is 0.00185. The van der Waals surface area contributed by atoms with E-state index in [1.165, 1.54) is 4.88 Å². The van der Waals surface area contributed by atoms with Crippen LogP contribution in [0.4, 0.5) is 0 Å². The van der Waals surface area contributed by atoms with Crippen LogP contribution >= 0.6 is 11.3 Å². The first-order chi connectivity index (χ1) is 9.72. The molecule has 2 heterocycles. The van der Waals surface area contributed by atoms with Crippen LogP contribution < -0.4 is 5.32 Å². The maximum atomic E-state index is 12.7. The maximum absolute atomic E-state index is 12.7. The smallest absolute Gasteiger partial charge is 0.241 e. The van der Waals surface area contributed by atoms with Gasteiger partial charge in [-0.25, -0.2) is 0 Å². The normalized spacial score (nSPS) is 24.4. The minimum atomic E-state index is -0.00185. The summed E-state index contributed by atoms with van der Waals surface area (Å²) < 4.78 is 0. The number of rotatable bonds is 7. The first kappa shape index (κ1) is 15.5. The average Bonchev–Trinajstić information content (AvgIpc) is 3.06. The van der Waals surface area contributed by atoms with E-state index in [0.717, 1.165) is 32.1 Å². The quantitative estimate of drug-likeness (QED) is 0.826. The highest BCUT2D eigenvalue weighted by Gasteiger charge is 2.42. The van der Waals surface area contributed by atoms with Gasteiger partial charge in [0.2, 0.25) is 5.91 Å². The summed E-state index contributed by atoms with van der Waals surface area (Å²) in [5, 5.41) is 5.65. The number of hydrogen-bond acceptors (Lipinski definition) is 3. The Kier molecular flexibility index (Phi) is 5.61. The number of thiophene rings is 1. The van der Waals surface area contributed by atoms with Crippen LogP contribution in [0.1, 0.15) is 63.9 Å². The summed E-state index contributed by atoms with van der Waals surface area (Å²) in [5.41, 5.74) is 0. The predicted molar refractivity (Wildman–Crippen MR) is 84.7 cm³/mol. The molecule has 0 radical (unpaired) electrons. The second kappa shape index (κ2) is 7.23. The molecule has 1 saturated heterocycles. The van der Waals surface area contributed by atoms with E-state index in [1.54, 1.807) is 11.3 Å². The number of nitrogens with one attached hydrogen (secondary N) is 1. The van der Waals surface area contributed by atoms with Gasteiger partial charge in [0, 0.05) is 10.9 Å². The summed E-state index contributed by atoms with van der Waals surface area (Å²) in [7, 11) is 0. The molecular weight excluding hydrogens is 268 g/mol. The van der Waals surface area contributed by atoms with E-state index in [-0.39, 0.29) is 12.2 Å². The molecule has 1 amide bonds. The molecule has 3 atom stereocenters. The van der Waals surface area contributed by atoms with Crippen LogP contribution in [-0.2, 0) is 4.79 Å². The third-order valence-corrected chi connectivity index (χ3v) is 4.99. The molecule has 1 fully saturated rings. The molecule has 1 N–H and O–H groups in total. The molecule has 1 aliphatic heterocycles. The Morgan fingerprint density at radius 3 is 2.70 bits per heavy atom. The summed E-state index contributed by atoms with van der Waals surface area (Å²) in [4.78, 5) is 16.1. The highest BCUT2D eigenvalue weighted by Crippen LogP contribution is 2.33. The van der Waals surface area contributed by atoms with Crippen molar-refractivity contribution in [2.45, 2.75) is 71.1 Å². The zero-order valence-corrected chi connectivity index (χ0v) is 13.6. The zero-order chi connectivity index (χ0) is 14.5. The van der Waals surface area contributed by atoms with Crippen molar-refractivity contribution >= 4 is 17.2 Å². The van der Waals surface area contributed by atoms with E-state index >= 15 is 0 Å². The largest absolute Gasteiger partial charge is 0.318 e. The van der Waals surface area contributed by atoms with E-state index in [0.29, 0.717) is 11.9 Å². The van der Waals surface area contributed by atoms with Gasteiger partial charge in [0.05, 0.1) is 6.04 Å². The van der Waals surface area contributed by atoms with Crippen molar-refractivity contribution in [2.75, 3.05) is 0 Å². The molecule has 1 aromatic rings. The summed E-state index contributed by atoms with van der Waals surface area (Å²) >= 11 is 1.74. The summed E-state index contributed by atoms with van der Waals surface area (Å²) in [6.45, 7) is 6.52. The van der Waals surface area contributed by atoms with Crippen molar-refractivity contribution in [3.05, 3.63) is 22.4 Å². The molecule has 0 bridgehead atoms. The van der Waals surface area contributed by atoms with Gasteiger partial charge < -0.3 is 4.90 Å². The molecule has 0 spiro atoms. The molecule has 1 aliphatic rings. The Hall–Kier alpha value is -0.870. The van der Waals surface area contributed by atoms with Gasteiger partial charge in [0.15, 0.2) is 0 Å². The van der Waals surface area contributed by atoms with E-state index in [2.05, 4.69) is 48.5 Å². The van der Waals surface area contributed by atoms with Crippen LogP contribution in [0.15, 0.2) is 17.5 Å². The van der Waals surface area contributed by atoms with Gasteiger partial charge in [0.1, 0.15) is 6.17 Å². The lowest BCUT2D eigenvalue weighted by Gasteiger charge is -2.31. The third-order valence-electron chi connectivity index (χ3n) is 4.07. The summed E-state index contributed by atoms with van der Waals surface area (Å²) in [5.74, 6) is 0.297. The number of carbonyl (C=O) groups is 1. The van der Waals surface area contributed by atoms with E-state index < -0.39 is 0 Å². The van der Waals surface area contributed by atoms with Crippen molar-refractivity contribution in [1.82, 2.24) is 10.2 Å². The molecule has 0 aliphatic carbocycles. The minimum Gasteiger partial charge on any atom is -0.318 e. The van der Waals surface area contributed by atoms with Crippen LogP contribution in [0, 0.1) is 0 Å². The van der Waals surface area contributed by atoms with E-state index in [4.69, 9.17) is 0 Å². The van der Waals surface area contributed by atoms with Gasteiger partial charge in [-0.05, 0) is 30.7 Å². The van der Waals surface area contributed by atoms with Crippen molar-refractivity contribution < 1.29 is 4.79 Å². The Labute approximate surface area is 126 Å². The van der Waals surface area contributed by atoms with Crippen molar-refractivity contribution in [2.24, 2.45) is 0 Å². The fourth-order valence-electron chi connectivity index (χ4n) is 3.07. The van der Waals surface area contributed by atoms with Gasteiger partial charge in [-0.15, -0.1) is 11.3 Å². The first-order valence-electron chi connectivity index (χ1n) is 7.84. The van der Waals surface area contributed by atoms with Gasteiger partial charge >= 0.3 is 0 Å². The van der Waals surface area contributed by atoms with Gasteiger partial charge in [-0.3, -0.25) is 10.1 Å². The van der Waals surface area contributed by atoms with Crippen molar-refractivity contribution in [3.8, 4) is 0 Å². The van der Waals surface area contributed by atoms with Crippen LogP contribution in [0.25, 0.3) is 0 Å². The summed E-state index contributed by atoms with van der Waals surface area (Å²) in [6, 6.07) is 4.56. The fourth-order valence-corrected chi connectivity index (χ4v) is 3.86. The lowest BCUT2D eigenvalue weighted by molar-refractivity contribution is -0.132. The Morgan fingerprint density at radius 2 is 2.15 bits per heavy atom. The fraction of sp³-hybridized carbons (Fsp3) is 0.688. The van der Waals surface area contributed by atoms with Gasteiger partial charge in [-0.1, -0.05) is 39.7 Å². The molecule has 20 heavy (non-hydrogen) atoms. The lowest BCUT2D eigenvalue weighted by atomic mass is 10.1. The second-order valence-corrected chi connectivity index (χ2v) is 6.50. The second-order valence-electron chi connectivity index (χ2n) is 5.52. The average molecular weight is 294 g/mol. The summed E-state index contributed by atoms with van der Waals surface area (Å²) in [6.07, 6.45) is 5.29. The highest BCUT2D eigenvalue weighted by atomic mass is 32.1. The Morgan fingerprint density at radius 1 is 1.35 bits per heavy atom. The third kappa shape index (κ3) is 3.07. The van der Waals surface area contributed by atoms with E-state index in [9.17, 15) is 4.79 Å². The van der Waals surface area contributed by atoms with Crippen molar-refractivity contribution in [1.29, 1.82) is 0 Å². The standard InChI is InChI=1S/C16H26N2OS/c1-4-8-12(6-3)18-15(14-10-7-11-20-14)17-13(9-5-2)16(18)19/h7,10-13,15,17H,4-6,8-9H2,1-3H3. The molecule has 112 valence electrons. The van der Waals surface area contributed by atoms with Crippen LogP contribution in [0.2, 0.25) is 0 Å². The maximum Gasteiger partial charge on any atom is 0.241 e. The molecule has 2 rings (SSSR count). The Bertz CT molecular complexity index is 418. The number of nitrogens with zero attached hydrogens (tertiary/aromatic N) is 1. The van der Waals surface area contributed by atoms with Gasteiger partial charge in [0.25, 0.3) is 0 Å². The lowest BCUT2D eigenvalue weighted by Crippen LogP contribution is -2.39. The number of amides is 1. The molecule has 3 unspecified atom stereocenters. The predicted octanol–water partition coefficient (Wildman–Crippen LogP) is 3.93. The van der Waals surface area contributed by atoms with Crippen molar-refractivity contribution in [3.63, 3.8) is 0 Å². The molecule has 1 aromatic heterocycles. The van der Waals surface area contributed by atoms with Crippen LogP contribution in [-0.4, -0.2) is 22.9 Å². The van der Waals surface area contributed by atoms with Gasteiger partial charge in [-0.2, -0.15) is 0 Å². The molecule has 0 saturated carbocycles. The monoisotopic (exact) mass is 294 g/mol. The Balaban J connectivity index is 2.24. The van der Waals surface area contributed by atoms with E-state index in [1.807, 2.05) is 0 Å². The molecular formula is C16H26N2OS. The molecule has 0 aromatic carbocycles. The topological polar surface area (TPSA) is 32.3 Å². The molecule has 3 nitrogen and oxygen atoms in total. The SMILES string of the molecule is CCCC1NC(c2cccs2)N(C(CC)CCC)C1=O. The highest BCUT2D eigenvalue weighted by molar-refractivity contribution is 7.10. The zero-order valence-electron chi connectivity index (χ0n) is 12.8. The number of carbonyl (C=O) groups excluding carboxylic acids is 1. The first-order valence-corrected chi connectivity index (χ1v) is 8.72. The van der Waals surface area contributed by atoms with Crippen LogP contribution in [0.5, 0.6) is 0 Å². The molecule has 4 heteroatoms.